The van der Waals surface area contributed by atoms with Crippen molar-refractivity contribution < 1.29 is 9.32 Å². The van der Waals surface area contributed by atoms with Gasteiger partial charge in [0.2, 0.25) is 11.8 Å². The van der Waals surface area contributed by atoms with Gasteiger partial charge in [-0.3, -0.25) is 14.4 Å². The second-order valence-corrected chi connectivity index (χ2v) is 7.62. The van der Waals surface area contributed by atoms with Gasteiger partial charge >= 0.3 is 0 Å². The molecule has 2 aliphatic rings. The number of carbonyl (C=O) groups is 1. The van der Waals surface area contributed by atoms with Crippen molar-refractivity contribution in [3.05, 3.63) is 29.2 Å². The number of likely N-dealkylation sites (tertiary alicyclic amines) is 1. The standard InChI is InChI=1S/C18H26N6O2/c1-12-8-15(23(3)20-12)11-24-9-14(10-24)17-19-16(21-26-17)6-7-22(2)18(25)13-4-5-13/h8,13-14H,4-7,9-11H2,1-3H3. The maximum absolute atomic E-state index is 12.0. The zero-order chi connectivity index (χ0) is 18.3. The summed E-state index contributed by atoms with van der Waals surface area (Å²) in [6, 6.07) is 2.12. The van der Waals surface area contributed by atoms with Crippen molar-refractivity contribution in [2.45, 2.75) is 38.6 Å². The number of aromatic nitrogens is 4. The van der Waals surface area contributed by atoms with Crippen molar-refractivity contribution in [1.29, 1.82) is 0 Å². The lowest BCUT2D eigenvalue weighted by molar-refractivity contribution is -0.131. The Morgan fingerprint density at radius 2 is 2.15 bits per heavy atom. The molecule has 8 nitrogen and oxygen atoms in total. The van der Waals surface area contributed by atoms with Crippen LogP contribution in [-0.2, 0) is 24.8 Å². The molecule has 1 saturated carbocycles. The van der Waals surface area contributed by atoms with Gasteiger partial charge in [-0.05, 0) is 25.8 Å². The van der Waals surface area contributed by atoms with Gasteiger partial charge in [0.1, 0.15) is 0 Å². The van der Waals surface area contributed by atoms with E-state index in [-0.39, 0.29) is 11.8 Å². The third kappa shape index (κ3) is 3.65. The smallest absolute Gasteiger partial charge is 0.232 e. The van der Waals surface area contributed by atoms with Crippen molar-refractivity contribution in [1.82, 2.24) is 29.7 Å². The molecule has 140 valence electrons. The van der Waals surface area contributed by atoms with Gasteiger partial charge in [0, 0.05) is 52.6 Å². The number of hydrogen-bond acceptors (Lipinski definition) is 6. The largest absolute Gasteiger partial charge is 0.345 e. The fourth-order valence-electron chi connectivity index (χ4n) is 3.45. The molecule has 0 spiro atoms. The van der Waals surface area contributed by atoms with E-state index in [1.54, 1.807) is 4.90 Å². The van der Waals surface area contributed by atoms with Gasteiger partial charge in [-0.1, -0.05) is 5.16 Å². The zero-order valence-electron chi connectivity index (χ0n) is 15.7. The molecule has 0 N–H and O–H groups in total. The summed E-state index contributed by atoms with van der Waals surface area (Å²) < 4.78 is 7.38. The van der Waals surface area contributed by atoms with Gasteiger partial charge in [-0.25, -0.2) is 0 Å². The summed E-state index contributed by atoms with van der Waals surface area (Å²) in [6.07, 6.45) is 2.71. The molecule has 26 heavy (non-hydrogen) atoms. The van der Waals surface area contributed by atoms with E-state index in [1.807, 2.05) is 25.7 Å². The maximum Gasteiger partial charge on any atom is 0.232 e. The van der Waals surface area contributed by atoms with E-state index < -0.39 is 0 Å². The number of nitrogens with zero attached hydrogens (tertiary/aromatic N) is 6. The molecule has 3 heterocycles. The molecule has 8 heteroatoms. The molecular formula is C18H26N6O2. The topological polar surface area (TPSA) is 80.3 Å². The summed E-state index contributed by atoms with van der Waals surface area (Å²) in [4.78, 5) is 20.6. The van der Waals surface area contributed by atoms with Crippen LogP contribution in [0.5, 0.6) is 0 Å². The Morgan fingerprint density at radius 1 is 1.38 bits per heavy atom. The van der Waals surface area contributed by atoms with E-state index in [0.717, 1.165) is 38.2 Å². The van der Waals surface area contributed by atoms with Crippen LogP contribution in [0.3, 0.4) is 0 Å². The van der Waals surface area contributed by atoms with E-state index in [1.165, 1.54) is 5.69 Å². The minimum Gasteiger partial charge on any atom is -0.345 e. The van der Waals surface area contributed by atoms with Crippen LogP contribution in [0.2, 0.25) is 0 Å². The summed E-state index contributed by atoms with van der Waals surface area (Å²) in [5.74, 6) is 2.21. The van der Waals surface area contributed by atoms with Crippen molar-refractivity contribution in [3.8, 4) is 0 Å². The van der Waals surface area contributed by atoms with Gasteiger partial charge in [0.05, 0.1) is 17.3 Å². The Bertz CT molecular complexity index is 787. The molecule has 4 rings (SSSR count). The number of hydrogen-bond donors (Lipinski definition) is 0. The van der Waals surface area contributed by atoms with Crippen molar-refractivity contribution >= 4 is 5.91 Å². The van der Waals surface area contributed by atoms with Crippen LogP contribution in [0.25, 0.3) is 0 Å². The summed E-state index contributed by atoms with van der Waals surface area (Å²) >= 11 is 0. The van der Waals surface area contributed by atoms with Crippen LogP contribution in [0.1, 0.15) is 41.9 Å². The lowest BCUT2D eigenvalue weighted by Crippen LogP contribution is -2.44. The molecule has 1 aliphatic heterocycles. The first kappa shape index (κ1) is 17.2. The number of rotatable bonds is 7. The molecule has 1 aliphatic carbocycles. The normalized spacial score (nSPS) is 18.1. The fourth-order valence-corrected chi connectivity index (χ4v) is 3.45. The number of likely N-dealkylation sites (N-methyl/N-ethyl adjacent to an activating group) is 1. The number of aryl methyl sites for hydroxylation is 2. The van der Waals surface area contributed by atoms with E-state index in [4.69, 9.17) is 4.52 Å². The molecule has 1 amide bonds. The Hall–Kier alpha value is -2.22. The molecule has 0 bridgehead atoms. The Kier molecular flexibility index (Phi) is 4.52. The van der Waals surface area contributed by atoms with E-state index >= 15 is 0 Å². The highest BCUT2D eigenvalue weighted by Gasteiger charge is 2.34. The van der Waals surface area contributed by atoms with Gasteiger partial charge in [-0.2, -0.15) is 10.1 Å². The zero-order valence-corrected chi connectivity index (χ0v) is 15.7. The molecule has 2 fully saturated rings. The van der Waals surface area contributed by atoms with Crippen molar-refractivity contribution in [2.75, 3.05) is 26.7 Å². The minimum absolute atomic E-state index is 0.244. The molecule has 0 radical (unpaired) electrons. The molecular weight excluding hydrogens is 332 g/mol. The average molecular weight is 358 g/mol. The van der Waals surface area contributed by atoms with Gasteiger partial charge in [0.25, 0.3) is 0 Å². The quantitative estimate of drug-likeness (QED) is 0.738. The number of amides is 1. The monoisotopic (exact) mass is 358 g/mol. The van der Waals surface area contributed by atoms with E-state index in [0.29, 0.717) is 30.6 Å². The van der Waals surface area contributed by atoms with E-state index in [2.05, 4.69) is 26.2 Å². The molecule has 2 aromatic heterocycles. The SMILES string of the molecule is Cc1cc(CN2CC(c3nc(CCN(C)C(=O)C4CC4)no3)C2)n(C)n1. The van der Waals surface area contributed by atoms with Gasteiger partial charge < -0.3 is 9.42 Å². The Balaban J connectivity index is 1.24. The second-order valence-electron chi connectivity index (χ2n) is 7.62. The summed E-state index contributed by atoms with van der Waals surface area (Å²) in [5, 5.41) is 8.47. The molecule has 1 saturated heterocycles. The lowest BCUT2D eigenvalue weighted by atomic mass is 10.00. The predicted molar refractivity (Wildman–Crippen MR) is 94.3 cm³/mol. The molecule has 0 unspecified atom stereocenters. The molecule has 0 aromatic carbocycles. The van der Waals surface area contributed by atoms with Crippen LogP contribution in [0.15, 0.2) is 10.6 Å². The third-order valence-corrected chi connectivity index (χ3v) is 5.25. The van der Waals surface area contributed by atoms with Crippen molar-refractivity contribution in [2.24, 2.45) is 13.0 Å². The Labute approximate surface area is 153 Å². The maximum atomic E-state index is 12.0. The van der Waals surface area contributed by atoms with Crippen molar-refractivity contribution in [3.63, 3.8) is 0 Å². The predicted octanol–water partition coefficient (Wildman–Crippen LogP) is 1.12. The first-order chi connectivity index (χ1) is 12.5. The molecule has 0 atom stereocenters. The Morgan fingerprint density at radius 3 is 2.81 bits per heavy atom. The summed E-state index contributed by atoms with van der Waals surface area (Å²) in [5.41, 5.74) is 2.27. The van der Waals surface area contributed by atoms with Crippen LogP contribution < -0.4 is 0 Å². The summed E-state index contributed by atoms with van der Waals surface area (Å²) in [7, 11) is 3.83. The average Bonchev–Trinajstić information content (AvgIpc) is 3.24. The van der Waals surface area contributed by atoms with Crippen LogP contribution in [-0.4, -0.2) is 62.3 Å². The van der Waals surface area contributed by atoms with Gasteiger partial charge in [-0.15, -0.1) is 0 Å². The first-order valence-corrected chi connectivity index (χ1v) is 9.29. The highest BCUT2D eigenvalue weighted by Crippen LogP contribution is 2.30. The first-order valence-electron chi connectivity index (χ1n) is 9.29. The van der Waals surface area contributed by atoms with Gasteiger partial charge in [0.15, 0.2) is 5.82 Å². The van der Waals surface area contributed by atoms with E-state index in [9.17, 15) is 4.79 Å². The number of carbonyl (C=O) groups excluding carboxylic acids is 1. The molecule has 2 aromatic rings. The third-order valence-electron chi connectivity index (χ3n) is 5.25. The minimum atomic E-state index is 0.244. The highest BCUT2D eigenvalue weighted by molar-refractivity contribution is 5.80. The van der Waals surface area contributed by atoms with Crippen LogP contribution in [0, 0.1) is 12.8 Å². The second kappa shape index (κ2) is 6.83. The summed E-state index contributed by atoms with van der Waals surface area (Å²) in [6.45, 7) is 5.39. The highest BCUT2D eigenvalue weighted by atomic mass is 16.5. The fraction of sp³-hybridized carbons (Fsp3) is 0.667. The lowest BCUT2D eigenvalue weighted by Gasteiger charge is -2.36. The van der Waals surface area contributed by atoms with Crippen LogP contribution >= 0.6 is 0 Å². The van der Waals surface area contributed by atoms with Crippen LogP contribution in [0.4, 0.5) is 0 Å².